The summed E-state index contributed by atoms with van der Waals surface area (Å²) in [6.07, 6.45) is 4.13. The predicted molar refractivity (Wildman–Crippen MR) is 74.1 cm³/mol. The van der Waals surface area contributed by atoms with Crippen LogP contribution in [0.3, 0.4) is 0 Å². The van der Waals surface area contributed by atoms with Crippen molar-refractivity contribution in [3.63, 3.8) is 0 Å². The third-order valence-electron chi connectivity index (χ3n) is 4.75. The Kier molecular flexibility index (Phi) is 3.43. The van der Waals surface area contributed by atoms with E-state index in [1.54, 1.807) is 0 Å². The van der Waals surface area contributed by atoms with Gasteiger partial charge < -0.3 is 15.7 Å². The van der Waals surface area contributed by atoms with Crippen LogP contribution in [0.25, 0.3) is 0 Å². The Morgan fingerprint density at radius 1 is 1.14 bits per heavy atom. The average molecular weight is 314 g/mol. The molecule has 0 aromatic carbocycles. The molecule has 3 rings (SSSR count). The first-order valence-corrected chi connectivity index (χ1v) is 8.78. The number of carbonyl (C=O) groups excluding carboxylic acids is 1. The molecule has 2 aliphatic carbocycles. The molecule has 2 fully saturated rings. The lowest BCUT2D eigenvalue weighted by molar-refractivity contribution is -0.144. The summed E-state index contributed by atoms with van der Waals surface area (Å²) in [6, 6.07) is -1.40. The first-order chi connectivity index (χ1) is 9.85. The van der Waals surface area contributed by atoms with Gasteiger partial charge in [-0.3, -0.25) is 4.79 Å². The van der Waals surface area contributed by atoms with Crippen LogP contribution in [0.2, 0.25) is 0 Å². The number of fused-ring (bicyclic) bond motifs is 2. The largest absolute Gasteiger partial charge is 0.481 e. The smallest absolute Gasteiger partial charge is 0.315 e. The third kappa shape index (κ3) is 2.76. The molecule has 2 bridgehead atoms. The molecule has 0 radical (unpaired) electrons. The minimum absolute atomic E-state index is 0.139. The highest BCUT2D eigenvalue weighted by molar-refractivity contribution is 7.94. The maximum absolute atomic E-state index is 12.0. The molecule has 5 atom stereocenters. The summed E-state index contributed by atoms with van der Waals surface area (Å²) in [5.74, 6) is -1.18. The van der Waals surface area contributed by atoms with Gasteiger partial charge in [-0.05, 0) is 37.2 Å². The second kappa shape index (κ2) is 5.01. The lowest BCUT2D eigenvalue weighted by atomic mass is 9.84. The van der Waals surface area contributed by atoms with Gasteiger partial charge >= 0.3 is 12.0 Å². The van der Waals surface area contributed by atoms with Crippen molar-refractivity contribution in [3.8, 4) is 0 Å². The number of hydrogen-bond acceptors (Lipinski definition) is 4. The number of hydrogen-bond donors (Lipinski definition) is 3. The highest BCUT2D eigenvalue weighted by Crippen LogP contribution is 2.48. The quantitative estimate of drug-likeness (QED) is 0.683. The van der Waals surface area contributed by atoms with E-state index in [9.17, 15) is 23.1 Å². The molecule has 5 unspecified atom stereocenters. The molecule has 0 saturated heterocycles. The number of urea groups is 1. The molecule has 1 aliphatic heterocycles. The van der Waals surface area contributed by atoms with Crippen LogP contribution in [0.15, 0.2) is 11.5 Å². The van der Waals surface area contributed by atoms with Crippen LogP contribution < -0.4 is 10.6 Å². The summed E-state index contributed by atoms with van der Waals surface area (Å²) in [5.41, 5.74) is 0. The monoisotopic (exact) mass is 314 g/mol. The molecular formula is C13H18N2O5S. The van der Waals surface area contributed by atoms with E-state index in [1.807, 2.05) is 0 Å². The molecule has 0 aromatic heterocycles. The fraction of sp³-hybridized carbons (Fsp3) is 0.692. The Bertz CT molecular complexity index is 600. The molecule has 0 spiro atoms. The van der Waals surface area contributed by atoms with Gasteiger partial charge in [-0.15, -0.1) is 0 Å². The third-order valence-corrected chi connectivity index (χ3v) is 6.14. The second-order valence-electron chi connectivity index (χ2n) is 6.11. The van der Waals surface area contributed by atoms with Gasteiger partial charge in [0.25, 0.3) is 0 Å². The molecule has 8 heteroatoms. The highest BCUT2D eigenvalue weighted by Gasteiger charge is 2.51. The number of nitrogens with one attached hydrogen (secondary N) is 2. The van der Waals surface area contributed by atoms with Crippen LogP contribution in [0.1, 0.15) is 19.3 Å². The van der Waals surface area contributed by atoms with Crippen molar-refractivity contribution in [1.82, 2.24) is 10.6 Å². The first-order valence-electron chi connectivity index (χ1n) is 7.06. The summed E-state index contributed by atoms with van der Waals surface area (Å²) in [7, 11) is -3.22. The van der Waals surface area contributed by atoms with Gasteiger partial charge in [0.05, 0.1) is 17.7 Å². The average Bonchev–Trinajstić information content (AvgIpc) is 3.03. The van der Waals surface area contributed by atoms with Gasteiger partial charge in [-0.2, -0.15) is 0 Å². The van der Waals surface area contributed by atoms with Gasteiger partial charge in [0, 0.05) is 11.4 Å². The van der Waals surface area contributed by atoms with Crippen molar-refractivity contribution >= 4 is 21.8 Å². The van der Waals surface area contributed by atoms with E-state index in [-0.39, 0.29) is 23.6 Å². The van der Waals surface area contributed by atoms with Crippen LogP contribution in [0.5, 0.6) is 0 Å². The number of carboxylic acid groups (broad SMARTS) is 1. The van der Waals surface area contributed by atoms with Crippen LogP contribution in [0.4, 0.5) is 4.79 Å². The highest BCUT2D eigenvalue weighted by atomic mass is 32.2. The number of rotatable bonds is 3. The second-order valence-corrected chi connectivity index (χ2v) is 8.04. The van der Waals surface area contributed by atoms with E-state index in [1.165, 1.54) is 6.08 Å². The topological polar surface area (TPSA) is 113 Å². The molecular weight excluding hydrogens is 296 g/mol. The summed E-state index contributed by atoms with van der Waals surface area (Å²) in [6.45, 7) is 0. The summed E-state index contributed by atoms with van der Waals surface area (Å²) < 4.78 is 22.6. The van der Waals surface area contributed by atoms with Crippen LogP contribution in [-0.2, 0) is 14.6 Å². The molecule has 2 saturated carbocycles. The first kappa shape index (κ1) is 14.4. The van der Waals surface area contributed by atoms with Gasteiger partial charge in [0.2, 0.25) is 0 Å². The minimum Gasteiger partial charge on any atom is -0.481 e. The van der Waals surface area contributed by atoms with Crippen LogP contribution in [-0.4, -0.2) is 43.4 Å². The van der Waals surface area contributed by atoms with Gasteiger partial charge in [0.1, 0.15) is 0 Å². The van der Waals surface area contributed by atoms with Gasteiger partial charge in [0.15, 0.2) is 9.84 Å². The molecule has 3 aliphatic rings. The van der Waals surface area contributed by atoms with Crippen molar-refractivity contribution < 1.29 is 23.1 Å². The lowest BCUT2D eigenvalue weighted by Gasteiger charge is -2.29. The SMILES string of the molecule is O=C(NC1C=CS(=O)(=O)C1)NC1C2CCC(C2)C1C(=O)O. The predicted octanol–water partition coefficient (Wildman–Crippen LogP) is 0.0956. The van der Waals surface area contributed by atoms with E-state index in [2.05, 4.69) is 10.6 Å². The lowest BCUT2D eigenvalue weighted by Crippen LogP contribution is -2.52. The number of carbonyl (C=O) groups is 2. The Hall–Kier alpha value is -1.57. The van der Waals surface area contributed by atoms with Crippen LogP contribution >= 0.6 is 0 Å². The zero-order chi connectivity index (χ0) is 15.2. The summed E-state index contributed by atoms with van der Waals surface area (Å²) in [5, 5.41) is 15.7. The summed E-state index contributed by atoms with van der Waals surface area (Å²) >= 11 is 0. The number of aliphatic carboxylic acids is 1. The Balaban J connectivity index is 1.60. The van der Waals surface area contributed by atoms with E-state index < -0.39 is 33.8 Å². The molecule has 0 aromatic rings. The van der Waals surface area contributed by atoms with Gasteiger partial charge in [-0.25, -0.2) is 13.2 Å². The number of amides is 2. The number of sulfone groups is 1. The summed E-state index contributed by atoms with van der Waals surface area (Å²) in [4.78, 5) is 23.3. The van der Waals surface area contributed by atoms with Crippen molar-refractivity contribution in [2.45, 2.75) is 31.3 Å². The maximum Gasteiger partial charge on any atom is 0.315 e. The fourth-order valence-electron chi connectivity index (χ4n) is 3.88. The van der Waals surface area contributed by atoms with Gasteiger partial charge in [-0.1, -0.05) is 0 Å². The van der Waals surface area contributed by atoms with E-state index in [4.69, 9.17) is 0 Å². The molecule has 7 nitrogen and oxygen atoms in total. The molecule has 3 N–H and O–H groups in total. The fourth-order valence-corrected chi connectivity index (χ4v) is 5.12. The van der Waals surface area contributed by atoms with E-state index in [0.717, 1.165) is 24.7 Å². The normalized spacial score (nSPS) is 39.3. The van der Waals surface area contributed by atoms with E-state index in [0.29, 0.717) is 0 Å². The standard InChI is InChI=1S/C13H18N2O5S/c16-12(17)10-7-1-2-8(5-7)11(10)15-13(18)14-9-3-4-21(19,20)6-9/h3-4,7-11H,1-2,5-6H2,(H,16,17)(H2,14,15,18). The zero-order valence-electron chi connectivity index (χ0n) is 11.4. The Labute approximate surface area is 122 Å². The molecule has 2 amide bonds. The van der Waals surface area contributed by atoms with Crippen molar-refractivity contribution in [2.75, 3.05) is 5.75 Å². The zero-order valence-corrected chi connectivity index (χ0v) is 12.2. The van der Waals surface area contributed by atoms with Crippen molar-refractivity contribution in [3.05, 3.63) is 11.5 Å². The van der Waals surface area contributed by atoms with E-state index >= 15 is 0 Å². The number of carboxylic acids is 1. The molecule has 116 valence electrons. The molecule has 1 heterocycles. The molecule has 21 heavy (non-hydrogen) atoms. The Morgan fingerprint density at radius 3 is 2.48 bits per heavy atom. The van der Waals surface area contributed by atoms with Crippen molar-refractivity contribution in [2.24, 2.45) is 17.8 Å². The van der Waals surface area contributed by atoms with Crippen molar-refractivity contribution in [1.29, 1.82) is 0 Å². The van der Waals surface area contributed by atoms with Crippen LogP contribution in [0, 0.1) is 17.8 Å². The maximum atomic E-state index is 12.0. The Morgan fingerprint density at radius 2 is 1.86 bits per heavy atom. The minimum atomic E-state index is -3.22.